The fourth-order valence-corrected chi connectivity index (χ4v) is 4.39. The molecule has 6 nitrogen and oxygen atoms in total. The van der Waals surface area contributed by atoms with Crippen molar-refractivity contribution in [3.05, 3.63) is 38.2 Å². The molecule has 0 N–H and O–H groups in total. The maximum atomic E-state index is 13.1. The van der Waals surface area contributed by atoms with Gasteiger partial charge < -0.3 is 13.7 Å². The van der Waals surface area contributed by atoms with Crippen LogP contribution < -0.4 is 5.43 Å². The van der Waals surface area contributed by atoms with Gasteiger partial charge in [0.05, 0.1) is 30.3 Å². The van der Waals surface area contributed by atoms with Crippen molar-refractivity contribution in [2.75, 3.05) is 13.2 Å². The van der Waals surface area contributed by atoms with Gasteiger partial charge in [-0.2, -0.15) is 0 Å². The Labute approximate surface area is 194 Å². The minimum absolute atomic E-state index is 0.0184. The summed E-state index contributed by atoms with van der Waals surface area (Å²) in [5, 5.41) is 0.469. The van der Waals surface area contributed by atoms with E-state index in [1.807, 2.05) is 11.5 Å². The van der Waals surface area contributed by atoms with Gasteiger partial charge in [-0.15, -0.1) is 0 Å². The molecular weight excluding hydrogens is 476 g/mol. The summed E-state index contributed by atoms with van der Waals surface area (Å²) in [5.74, 6) is -0.427. The van der Waals surface area contributed by atoms with Gasteiger partial charge in [0.1, 0.15) is 11.2 Å². The van der Waals surface area contributed by atoms with Crippen LogP contribution in [0.4, 0.5) is 0 Å². The Morgan fingerprint density at radius 3 is 2.42 bits per heavy atom. The van der Waals surface area contributed by atoms with E-state index in [0.717, 1.165) is 10.2 Å². The number of rotatable bonds is 7. The first-order valence-corrected chi connectivity index (χ1v) is 14.4. The molecule has 0 fully saturated rings. The van der Waals surface area contributed by atoms with Gasteiger partial charge in [0.2, 0.25) is 5.43 Å². The largest absolute Gasteiger partial charge is 0.462 e. The molecule has 0 radical (unpaired) electrons. The predicted molar refractivity (Wildman–Crippen MR) is 131 cm³/mol. The van der Waals surface area contributed by atoms with Gasteiger partial charge in [0.25, 0.3) is 0 Å². The molecule has 2 aromatic heterocycles. The van der Waals surface area contributed by atoms with Gasteiger partial charge in [0.15, 0.2) is 8.32 Å². The highest BCUT2D eigenvalue weighted by molar-refractivity contribution is 9.10. The lowest BCUT2D eigenvalue weighted by atomic mass is 10.0. The summed E-state index contributed by atoms with van der Waals surface area (Å²) in [6.07, 6.45) is 1.60. The minimum Gasteiger partial charge on any atom is -0.462 e. The van der Waals surface area contributed by atoms with Crippen LogP contribution in [-0.4, -0.2) is 37.1 Å². The Bertz CT molecular complexity index is 1020. The number of carbonyl (C=O) groups excluding carboxylic acids is 1. The standard InChI is InChI=1S/C23H35BrN2O4Si/c1-10-29-22(28)17-12-26(21-16(20(17)27)11-18(24)15(4)25-21)19(14(2)3)13-30-31(8,9)23(5,6)7/h11-12,14,19H,10,13H2,1-9H3/t19-/m1/s1. The predicted octanol–water partition coefficient (Wildman–Crippen LogP) is 5.86. The number of hydrogen-bond donors (Lipinski definition) is 0. The fourth-order valence-electron chi connectivity index (χ4n) is 3.05. The Balaban J connectivity index is 2.71. The molecule has 0 spiro atoms. The van der Waals surface area contributed by atoms with Crippen LogP contribution in [-0.2, 0) is 9.16 Å². The Morgan fingerprint density at radius 2 is 1.90 bits per heavy atom. The van der Waals surface area contributed by atoms with Gasteiger partial charge >= 0.3 is 5.97 Å². The second-order valence-electron chi connectivity index (χ2n) is 9.81. The third-order valence-electron chi connectivity index (χ3n) is 6.18. The summed E-state index contributed by atoms with van der Waals surface area (Å²) in [4.78, 5) is 30.4. The smallest absolute Gasteiger partial charge is 0.343 e. The van der Waals surface area contributed by atoms with Crippen molar-refractivity contribution in [3.8, 4) is 0 Å². The number of aryl methyl sites for hydroxylation is 1. The van der Waals surface area contributed by atoms with Gasteiger partial charge in [-0.25, -0.2) is 9.78 Å². The van der Waals surface area contributed by atoms with E-state index in [4.69, 9.17) is 14.1 Å². The van der Waals surface area contributed by atoms with Crippen LogP contribution in [0.15, 0.2) is 21.5 Å². The van der Waals surface area contributed by atoms with Crippen LogP contribution in [0.2, 0.25) is 18.1 Å². The normalized spacial score (nSPS) is 13.6. The zero-order chi connectivity index (χ0) is 23.7. The van der Waals surface area contributed by atoms with Gasteiger partial charge in [0, 0.05) is 10.7 Å². The average Bonchev–Trinajstić information content (AvgIpc) is 2.64. The zero-order valence-corrected chi connectivity index (χ0v) is 22.7. The number of fused-ring (bicyclic) bond motifs is 1. The third-order valence-corrected chi connectivity index (χ3v) is 11.5. The van der Waals surface area contributed by atoms with E-state index in [0.29, 0.717) is 17.6 Å². The van der Waals surface area contributed by atoms with E-state index in [1.165, 1.54) is 0 Å². The molecule has 0 saturated heterocycles. The van der Waals surface area contributed by atoms with Crippen molar-refractivity contribution in [2.24, 2.45) is 5.92 Å². The molecule has 0 amide bonds. The monoisotopic (exact) mass is 510 g/mol. The highest BCUT2D eigenvalue weighted by atomic mass is 79.9. The number of hydrogen-bond acceptors (Lipinski definition) is 5. The second-order valence-corrected chi connectivity index (χ2v) is 15.5. The lowest BCUT2D eigenvalue weighted by Gasteiger charge is -2.38. The molecular formula is C23H35BrN2O4Si. The first-order chi connectivity index (χ1) is 14.2. The summed E-state index contributed by atoms with van der Waals surface area (Å²) in [7, 11) is -1.99. The van der Waals surface area contributed by atoms with Gasteiger partial charge in [-0.05, 0) is 59.9 Å². The molecule has 2 heterocycles. The van der Waals surface area contributed by atoms with Crippen molar-refractivity contribution in [1.82, 2.24) is 9.55 Å². The van der Waals surface area contributed by atoms with Gasteiger partial charge in [-0.1, -0.05) is 34.6 Å². The highest BCUT2D eigenvalue weighted by Gasteiger charge is 2.38. The van der Waals surface area contributed by atoms with Gasteiger partial charge in [-0.3, -0.25) is 4.79 Å². The van der Waals surface area contributed by atoms with E-state index in [2.05, 4.69) is 63.6 Å². The molecule has 0 aliphatic rings. The molecule has 0 aromatic carbocycles. The molecule has 0 saturated carbocycles. The molecule has 8 heteroatoms. The van der Waals surface area contributed by atoms with Crippen molar-refractivity contribution in [2.45, 2.75) is 72.6 Å². The Kier molecular flexibility index (Phi) is 7.93. The molecule has 0 bridgehead atoms. The maximum absolute atomic E-state index is 13.1. The van der Waals surface area contributed by atoms with Crippen LogP contribution >= 0.6 is 15.9 Å². The summed E-state index contributed by atoms with van der Waals surface area (Å²) < 4.78 is 14.4. The summed E-state index contributed by atoms with van der Waals surface area (Å²) in [5.41, 5.74) is 0.976. The maximum Gasteiger partial charge on any atom is 0.343 e. The molecule has 31 heavy (non-hydrogen) atoms. The van der Waals surface area contributed by atoms with E-state index in [9.17, 15) is 9.59 Å². The second kappa shape index (κ2) is 9.54. The molecule has 0 aliphatic carbocycles. The van der Waals surface area contributed by atoms with E-state index < -0.39 is 14.3 Å². The number of nitrogens with zero attached hydrogens (tertiary/aromatic N) is 2. The van der Waals surface area contributed by atoms with Crippen LogP contribution in [0.25, 0.3) is 11.0 Å². The van der Waals surface area contributed by atoms with Crippen molar-refractivity contribution >= 4 is 41.3 Å². The summed E-state index contributed by atoms with van der Waals surface area (Å²) >= 11 is 3.47. The van der Waals surface area contributed by atoms with Crippen molar-refractivity contribution in [3.63, 3.8) is 0 Å². The van der Waals surface area contributed by atoms with E-state index in [1.54, 1.807) is 19.2 Å². The van der Waals surface area contributed by atoms with Crippen molar-refractivity contribution < 1.29 is 14.0 Å². The molecule has 0 aliphatic heterocycles. The molecule has 172 valence electrons. The van der Waals surface area contributed by atoms with E-state index >= 15 is 0 Å². The average molecular weight is 512 g/mol. The van der Waals surface area contributed by atoms with Crippen LogP contribution in [0.5, 0.6) is 0 Å². The summed E-state index contributed by atoms with van der Waals surface area (Å²) in [6, 6.07) is 1.64. The van der Waals surface area contributed by atoms with Crippen LogP contribution in [0.1, 0.15) is 63.6 Å². The number of ether oxygens (including phenoxy) is 1. The Morgan fingerprint density at radius 1 is 1.29 bits per heavy atom. The number of aromatic nitrogens is 2. The Hall–Kier alpha value is -1.51. The number of pyridine rings is 2. The molecule has 2 rings (SSSR count). The first kappa shape index (κ1) is 25.7. The lowest BCUT2D eigenvalue weighted by Crippen LogP contribution is -2.42. The van der Waals surface area contributed by atoms with Crippen molar-refractivity contribution in [1.29, 1.82) is 0 Å². The lowest BCUT2D eigenvalue weighted by molar-refractivity contribution is 0.0523. The number of esters is 1. The van der Waals surface area contributed by atoms with E-state index in [-0.39, 0.29) is 34.6 Å². The molecule has 1 atom stereocenters. The third kappa shape index (κ3) is 5.46. The zero-order valence-electron chi connectivity index (χ0n) is 20.1. The fraction of sp³-hybridized carbons (Fsp3) is 0.609. The van der Waals surface area contributed by atoms with Crippen LogP contribution in [0, 0.1) is 12.8 Å². The van der Waals surface area contributed by atoms with Crippen LogP contribution in [0.3, 0.4) is 0 Å². The molecule has 2 aromatic rings. The minimum atomic E-state index is -1.99. The number of carbonyl (C=O) groups is 1. The topological polar surface area (TPSA) is 70.4 Å². The quantitative estimate of drug-likeness (QED) is 0.344. The highest BCUT2D eigenvalue weighted by Crippen LogP contribution is 2.37. The SMILES string of the molecule is CCOC(=O)c1cn([C@H](CO[Si](C)(C)C(C)(C)C)C(C)C)c2nc(C)c(Br)cc2c1=O. The molecule has 0 unspecified atom stereocenters. The summed E-state index contributed by atoms with van der Waals surface area (Å²) in [6.45, 7) is 19.6. The first-order valence-electron chi connectivity index (χ1n) is 10.7. The number of halogens is 1.